The quantitative estimate of drug-likeness (QED) is 0.260. The molecular formula is C28H24N6O2S2. The van der Waals surface area contributed by atoms with Crippen molar-refractivity contribution >= 4 is 29.0 Å². The number of nitrogens with zero attached hydrogens (tertiary/aromatic N) is 6. The number of ether oxygens (including phenoxy) is 1. The van der Waals surface area contributed by atoms with Gasteiger partial charge in [-0.15, -0.1) is 21.5 Å². The van der Waals surface area contributed by atoms with Crippen molar-refractivity contribution in [2.75, 3.05) is 13.7 Å². The van der Waals surface area contributed by atoms with Gasteiger partial charge in [0.25, 0.3) is 5.91 Å². The first kappa shape index (κ1) is 24.3. The Labute approximate surface area is 228 Å². The highest BCUT2D eigenvalue weighted by molar-refractivity contribution is 7.98. The van der Waals surface area contributed by atoms with Crippen LogP contribution in [0.4, 0.5) is 0 Å². The van der Waals surface area contributed by atoms with E-state index >= 15 is 0 Å². The number of hydrogen-bond donors (Lipinski definition) is 0. The largest absolute Gasteiger partial charge is 0.495 e. The summed E-state index contributed by atoms with van der Waals surface area (Å²) >= 11 is 3.01. The predicted octanol–water partition coefficient (Wildman–Crippen LogP) is 5.29. The van der Waals surface area contributed by atoms with E-state index < -0.39 is 0 Å². The normalized spacial score (nSPS) is 12.8. The number of rotatable bonds is 7. The lowest BCUT2D eigenvalue weighted by Gasteiger charge is -2.28. The van der Waals surface area contributed by atoms with Crippen molar-refractivity contribution in [3.05, 3.63) is 100 Å². The molecule has 38 heavy (non-hydrogen) atoms. The van der Waals surface area contributed by atoms with Gasteiger partial charge in [0.05, 0.1) is 18.6 Å². The van der Waals surface area contributed by atoms with E-state index in [-0.39, 0.29) is 5.91 Å². The Morgan fingerprint density at radius 2 is 1.89 bits per heavy atom. The van der Waals surface area contributed by atoms with Crippen LogP contribution < -0.4 is 4.74 Å². The summed E-state index contributed by atoms with van der Waals surface area (Å²) in [7, 11) is 1.65. The fraction of sp³-hybridized carbons (Fsp3) is 0.179. The van der Waals surface area contributed by atoms with E-state index in [0.717, 1.165) is 22.7 Å². The minimum absolute atomic E-state index is 0.0249. The molecule has 0 unspecified atom stereocenters. The third kappa shape index (κ3) is 4.80. The molecule has 10 heteroatoms. The molecule has 190 valence electrons. The van der Waals surface area contributed by atoms with Crippen LogP contribution >= 0.6 is 23.1 Å². The van der Waals surface area contributed by atoms with Crippen LogP contribution in [0, 0.1) is 0 Å². The van der Waals surface area contributed by atoms with Gasteiger partial charge in [-0.25, -0.2) is 4.98 Å². The Balaban J connectivity index is 1.23. The summed E-state index contributed by atoms with van der Waals surface area (Å²) < 4.78 is 7.61. The number of carbonyl (C=O) groups excluding carboxylic acids is 1. The fourth-order valence-electron chi connectivity index (χ4n) is 4.51. The van der Waals surface area contributed by atoms with E-state index in [1.807, 2.05) is 57.3 Å². The number of benzene rings is 2. The van der Waals surface area contributed by atoms with Gasteiger partial charge in [-0.2, -0.15) is 0 Å². The van der Waals surface area contributed by atoms with E-state index in [4.69, 9.17) is 4.74 Å². The van der Waals surface area contributed by atoms with Crippen molar-refractivity contribution in [3.63, 3.8) is 0 Å². The van der Waals surface area contributed by atoms with Crippen LogP contribution in [0.15, 0.2) is 83.6 Å². The van der Waals surface area contributed by atoms with E-state index in [1.54, 1.807) is 19.5 Å². The van der Waals surface area contributed by atoms with Crippen LogP contribution in [-0.2, 0) is 18.7 Å². The Kier molecular flexibility index (Phi) is 6.89. The standard InChI is InChI=1S/C28H24N6O2S2/c1-36-24-11-5-4-10-23(24)34-26(20-9-6-13-29-15-20)31-32-28(34)38-18-25-30-22(17-37-25)27(35)33-14-12-19-7-2-3-8-21(19)16-33/h2-11,13,15,17H,12,14,16,18H2,1H3. The molecule has 0 fully saturated rings. The van der Waals surface area contributed by atoms with E-state index in [9.17, 15) is 4.79 Å². The number of carbonyl (C=O) groups is 1. The van der Waals surface area contributed by atoms with Crippen molar-refractivity contribution < 1.29 is 9.53 Å². The van der Waals surface area contributed by atoms with Crippen LogP contribution in [0.5, 0.6) is 5.75 Å². The second-order valence-corrected chi connectivity index (χ2v) is 10.6. The molecule has 0 saturated heterocycles. The summed E-state index contributed by atoms with van der Waals surface area (Å²) in [5, 5.41) is 12.4. The Morgan fingerprint density at radius 3 is 2.74 bits per heavy atom. The highest BCUT2D eigenvalue weighted by atomic mass is 32.2. The minimum Gasteiger partial charge on any atom is -0.495 e. The van der Waals surface area contributed by atoms with Crippen LogP contribution in [0.1, 0.15) is 26.6 Å². The maximum Gasteiger partial charge on any atom is 0.273 e. The molecule has 1 aliphatic rings. The average molecular weight is 541 g/mol. The number of thiazole rings is 1. The van der Waals surface area contributed by atoms with Crippen molar-refractivity contribution in [2.24, 2.45) is 0 Å². The lowest BCUT2D eigenvalue weighted by Crippen LogP contribution is -2.36. The molecule has 0 aliphatic carbocycles. The van der Waals surface area contributed by atoms with Gasteiger partial charge < -0.3 is 9.64 Å². The number of methoxy groups -OCH3 is 1. The zero-order valence-corrected chi connectivity index (χ0v) is 22.3. The van der Waals surface area contributed by atoms with Gasteiger partial charge in [0, 0.05) is 36.4 Å². The van der Waals surface area contributed by atoms with E-state index in [0.29, 0.717) is 41.3 Å². The lowest BCUT2D eigenvalue weighted by atomic mass is 10.00. The SMILES string of the molecule is COc1ccccc1-n1c(SCc2nc(C(=O)N3CCc4ccccc4C3)cs2)nnc1-c1cccnc1. The molecule has 0 N–H and O–H groups in total. The molecule has 0 atom stereocenters. The van der Waals surface area contributed by atoms with Crippen molar-refractivity contribution in [2.45, 2.75) is 23.9 Å². The Bertz CT molecular complexity index is 1580. The highest BCUT2D eigenvalue weighted by Gasteiger charge is 2.24. The molecule has 0 saturated carbocycles. The van der Waals surface area contributed by atoms with E-state index in [2.05, 4.69) is 38.4 Å². The lowest BCUT2D eigenvalue weighted by molar-refractivity contribution is 0.0729. The second kappa shape index (κ2) is 10.8. The molecule has 2 aromatic carbocycles. The van der Waals surface area contributed by atoms with Crippen LogP contribution in [0.25, 0.3) is 17.1 Å². The van der Waals surface area contributed by atoms with Gasteiger partial charge in [-0.1, -0.05) is 48.2 Å². The smallest absolute Gasteiger partial charge is 0.273 e. The Hall–Kier alpha value is -4.02. The predicted molar refractivity (Wildman–Crippen MR) is 148 cm³/mol. The molecule has 1 aliphatic heterocycles. The molecule has 0 radical (unpaired) electrons. The molecule has 3 aromatic heterocycles. The van der Waals surface area contributed by atoms with Crippen molar-refractivity contribution in [1.82, 2.24) is 29.6 Å². The molecule has 5 aromatic rings. The molecule has 0 spiro atoms. The molecule has 4 heterocycles. The van der Waals surface area contributed by atoms with Gasteiger partial charge in [-0.05, 0) is 41.8 Å². The monoisotopic (exact) mass is 540 g/mol. The number of hydrogen-bond acceptors (Lipinski definition) is 8. The van der Waals surface area contributed by atoms with Gasteiger partial charge in [0.2, 0.25) is 0 Å². The molecule has 6 rings (SSSR count). The zero-order chi connectivity index (χ0) is 25.9. The third-order valence-corrected chi connectivity index (χ3v) is 8.36. The molecule has 0 bridgehead atoms. The van der Waals surface area contributed by atoms with Gasteiger partial charge in [0.1, 0.15) is 16.5 Å². The summed E-state index contributed by atoms with van der Waals surface area (Å²) in [4.78, 5) is 24.0. The minimum atomic E-state index is -0.0249. The number of pyridine rings is 1. The van der Waals surface area contributed by atoms with Crippen molar-refractivity contribution in [1.29, 1.82) is 0 Å². The number of fused-ring (bicyclic) bond motifs is 1. The zero-order valence-electron chi connectivity index (χ0n) is 20.7. The van der Waals surface area contributed by atoms with Crippen LogP contribution in [-0.4, -0.2) is 49.2 Å². The first-order chi connectivity index (χ1) is 18.7. The van der Waals surface area contributed by atoms with Crippen LogP contribution in [0.2, 0.25) is 0 Å². The maximum absolute atomic E-state index is 13.2. The fourth-order valence-corrected chi connectivity index (χ4v) is 6.24. The number of aromatic nitrogens is 5. The molecule has 8 nitrogen and oxygen atoms in total. The summed E-state index contributed by atoms with van der Waals surface area (Å²) in [5.41, 5.74) is 4.70. The Morgan fingerprint density at radius 1 is 1.05 bits per heavy atom. The van der Waals surface area contributed by atoms with Gasteiger partial charge >= 0.3 is 0 Å². The van der Waals surface area contributed by atoms with Gasteiger partial charge in [-0.3, -0.25) is 14.3 Å². The van der Waals surface area contributed by atoms with E-state index in [1.165, 1.54) is 34.2 Å². The summed E-state index contributed by atoms with van der Waals surface area (Å²) in [6.07, 6.45) is 4.36. The maximum atomic E-state index is 13.2. The number of para-hydroxylation sites is 2. The molecule has 1 amide bonds. The highest BCUT2D eigenvalue weighted by Crippen LogP contribution is 2.34. The first-order valence-corrected chi connectivity index (χ1v) is 14.0. The second-order valence-electron chi connectivity index (χ2n) is 8.72. The number of amides is 1. The van der Waals surface area contributed by atoms with Crippen molar-refractivity contribution in [3.8, 4) is 22.8 Å². The summed E-state index contributed by atoms with van der Waals surface area (Å²) in [5.74, 6) is 1.92. The first-order valence-electron chi connectivity index (χ1n) is 12.1. The number of thioether (sulfide) groups is 1. The average Bonchev–Trinajstić information content (AvgIpc) is 3.63. The third-order valence-electron chi connectivity index (χ3n) is 6.39. The summed E-state index contributed by atoms with van der Waals surface area (Å²) in [6.45, 7) is 1.33. The topological polar surface area (TPSA) is 86.0 Å². The summed E-state index contributed by atoms with van der Waals surface area (Å²) in [6, 6.07) is 19.9. The van der Waals surface area contributed by atoms with Crippen LogP contribution in [0.3, 0.4) is 0 Å². The van der Waals surface area contributed by atoms with Gasteiger partial charge in [0.15, 0.2) is 11.0 Å². The molecular weight excluding hydrogens is 516 g/mol.